The molecule has 0 radical (unpaired) electrons. The number of hydrogen-bond donors (Lipinski definition) is 0. The molecule has 0 fully saturated rings. The fraction of sp³-hybridized carbons (Fsp3) is 0.500. The number of nitrogens with zero attached hydrogens (tertiary/aromatic N) is 1. The van der Waals surface area contributed by atoms with Gasteiger partial charge in [-0.05, 0) is 30.9 Å². The number of hydrogen-bond acceptors (Lipinski definition) is 1. The molecule has 0 saturated carbocycles. The molecule has 15 heavy (non-hydrogen) atoms. The summed E-state index contributed by atoms with van der Waals surface area (Å²) in [6.07, 6.45) is 3.34. The van der Waals surface area contributed by atoms with Crippen LogP contribution in [0.4, 0.5) is 0 Å². The van der Waals surface area contributed by atoms with Gasteiger partial charge in [-0.3, -0.25) is 4.99 Å². The second kappa shape index (κ2) is 3.80. The van der Waals surface area contributed by atoms with Gasteiger partial charge in [0.1, 0.15) is 0 Å². The highest BCUT2D eigenvalue weighted by molar-refractivity contribution is 5.58. The maximum absolute atomic E-state index is 4.94. The molecule has 0 aliphatic carbocycles. The molecule has 1 aromatic carbocycles. The Balaban J connectivity index is 2.74. The number of fused-ring (bicyclic) bond motifs is 1. The van der Waals surface area contributed by atoms with Crippen molar-refractivity contribution in [3.05, 3.63) is 34.8 Å². The molecule has 1 heteroatoms. The first-order valence-corrected chi connectivity index (χ1v) is 5.96. The first-order chi connectivity index (χ1) is 7.27. The van der Waals surface area contributed by atoms with Gasteiger partial charge in [-0.2, -0.15) is 0 Å². The minimum Gasteiger partial charge on any atom is -0.274 e. The third-order valence-corrected chi connectivity index (χ3v) is 3.65. The van der Waals surface area contributed by atoms with Gasteiger partial charge in [-0.1, -0.05) is 39.0 Å². The topological polar surface area (TPSA) is 12.4 Å². The van der Waals surface area contributed by atoms with E-state index in [0.717, 1.165) is 19.3 Å². The Kier molecular flexibility index (Phi) is 2.64. The predicted molar refractivity (Wildman–Crippen MR) is 64.2 cm³/mol. The first-order valence-electron chi connectivity index (χ1n) is 5.96. The van der Waals surface area contributed by atoms with E-state index in [4.69, 9.17) is 4.99 Å². The molecule has 0 amide bonds. The van der Waals surface area contributed by atoms with Gasteiger partial charge >= 0.3 is 0 Å². The maximum atomic E-state index is 4.94. The monoisotopic (exact) mass is 201 g/mol. The summed E-state index contributed by atoms with van der Waals surface area (Å²) >= 11 is 0. The van der Waals surface area contributed by atoms with Crippen molar-refractivity contribution in [1.29, 1.82) is 0 Å². The smallest absolute Gasteiger partial charge is 0.0828 e. The average molecular weight is 201 g/mol. The van der Waals surface area contributed by atoms with Crippen molar-refractivity contribution in [2.24, 2.45) is 4.99 Å². The van der Waals surface area contributed by atoms with Gasteiger partial charge in [-0.25, -0.2) is 0 Å². The van der Waals surface area contributed by atoms with Crippen LogP contribution in [0.2, 0.25) is 0 Å². The molecular weight excluding hydrogens is 182 g/mol. The minimum atomic E-state index is 0.0957. The molecule has 0 atom stereocenters. The summed E-state index contributed by atoms with van der Waals surface area (Å²) in [4.78, 5) is 4.94. The minimum absolute atomic E-state index is 0.0957. The standard InChI is InChI=1S/C14H19N/c1-4-12-11-9-7-8-10-13(11)15-14(12,5-2)6-3/h7-10H,4-6H2,1-3H3. The zero-order valence-electron chi connectivity index (χ0n) is 9.88. The van der Waals surface area contributed by atoms with Gasteiger partial charge < -0.3 is 0 Å². The summed E-state index contributed by atoms with van der Waals surface area (Å²) in [7, 11) is 0. The Morgan fingerprint density at radius 2 is 1.73 bits per heavy atom. The lowest BCUT2D eigenvalue weighted by Gasteiger charge is -2.26. The molecule has 0 spiro atoms. The Morgan fingerprint density at radius 1 is 1.07 bits per heavy atom. The molecule has 0 N–H and O–H groups in total. The van der Waals surface area contributed by atoms with Crippen LogP contribution in [-0.4, -0.2) is 5.54 Å². The van der Waals surface area contributed by atoms with E-state index in [9.17, 15) is 0 Å². The zero-order valence-corrected chi connectivity index (χ0v) is 9.88. The molecule has 1 nitrogen and oxygen atoms in total. The first kappa shape index (κ1) is 10.4. The lowest BCUT2D eigenvalue weighted by Crippen LogP contribution is -2.26. The van der Waals surface area contributed by atoms with Gasteiger partial charge in [0.25, 0.3) is 0 Å². The maximum Gasteiger partial charge on any atom is 0.0828 e. The Labute approximate surface area is 91.6 Å². The van der Waals surface area contributed by atoms with Crippen LogP contribution in [0.1, 0.15) is 40.0 Å². The molecule has 0 unspecified atom stereocenters. The second-order valence-electron chi connectivity index (χ2n) is 4.20. The van der Waals surface area contributed by atoms with Crippen molar-refractivity contribution >= 4 is 5.57 Å². The lowest BCUT2D eigenvalue weighted by molar-refractivity contribution is 0.500. The fourth-order valence-corrected chi connectivity index (χ4v) is 2.73. The zero-order chi connectivity index (χ0) is 10.9. The normalized spacial score (nSPS) is 17.4. The summed E-state index contributed by atoms with van der Waals surface area (Å²) in [5, 5.41) is 2.57. The molecule has 0 saturated heterocycles. The van der Waals surface area contributed by atoms with Crippen molar-refractivity contribution in [1.82, 2.24) is 0 Å². The number of para-hydroxylation sites is 1. The highest BCUT2D eigenvalue weighted by Crippen LogP contribution is 2.32. The van der Waals surface area contributed by atoms with Crippen LogP contribution in [-0.2, 0) is 0 Å². The van der Waals surface area contributed by atoms with Crippen LogP contribution in [0.3, 0.4) is 0 Å². The third-order valence-electron chi connectivity index (χ3n) is 3.65. The largest absolute Gasteiger partial charge is 0.274 e. The van der Waals surface area contributed by atoms with Crippen molar-refractivity contribution in [2.75, 3.05) is 0 Å². The third kappa shape index (κ3) is 1.41. The van der Waals surface area contributed by atoms with E-state index in [-0.39, 0.29) is 5.54 Å². The van der Waals surface area contributed by atoms with Gasteiger partial charge in [-0.15, -0.1) is 0 Å². The second-order valence-corrected chi connectivity index (χ2v) is 4.20. The Hall–Kier alpha value is -1.11. The molecule has 0 aromatic heterocycles. The quantitative estimate of drug-likeness (QED) is 0.712. The van der Waals surface area contributed by atoms with Crippen molar-refractivity contribution in [2.45, 2.75) is 45.6 Å². The van der Waals surface area contributed by atoms with Gasteiger partial charge in [0, 0.05) is 5.22 Å². The van der Waals surface area contributed by atoms with Gasteiger partial charge in [0.05, 0.1) is 10.9 Å². The van der Waals surface area contributed by atoms with Crippen molar-refractivity contribution in [3.8, 4) is 0 Å². The molecule has 1 aliphatic heterocycles. The Bertz CT molecular complexity index is 466. The van der Waals surface area contributed by atoms with Crippen molar-refractivity contribution < 1.29 is 0 Å². The van der Waals surface area contributed by atoms with Gasteiger partial charge in [0.15, 0.2) is 0 Å². The summed E-state index contributed by atoms with van der Waals surface area (Å²) < 4.78 is 0. The molecule has 2 rings (SSSR count). The molecule has 1 heterocycles. The molecular formula is C14H19N. The van der Waals surface area contributed by atoms with E-state index in [0.29, 0.717) is 0 Å². The van der Waals surface area contributed by atoms with E-state index in [1.165, 1.54) is 16.1 Å². The van der Waals surface area contributed by atoms with E-state index in [2.05, 4.69) is 45.0 Å². The lowest BCUT2D eigenvalue weighted by atomic mass is 9.84. The van der Waals surface area contributed by atoms with Crippen LogP contribution in [0.15, 0.2) is 29.3 Å². The van der Waals surface area contributed by atoms with E-state index >= 15 is 0 Å². The molecule has 0 bridgehead atoms. The van der Waals surface area contributed by atoms with E-state index < -0.39 is 0 Å². The van der Waals surface area contributed by atoms with Gasteiger partial charge in [0.2, 0.25) is 0 Å². The highest BCUT2D eigenvalue weighted by atomic mass is 14.9. The fourth-order valence-electron chi connectivity index (χ4n) is 2.73. The molecule has 1 aliphatic rings. The van der Waals surface area contributed by atoms with Crippen LogP contribution >= 0.6 is 0 Å². The van der Waals surface area contributed by atoms with E-state index in [1.807, 2.05) is 0 Å². The molecule has 1 aromatic rings. The molecule has 80 valence electrons. The number of rotatable bonds is 3. The van der Waals surface area contributed by atoms with E-state index in [1.54, 1.807) is 0 Å². The summed E-state index contributed by atoms with van der Waals surface area (Å²) in [5.74, 6) is 0. The van der Waals surface area contributed by atoms with Crippen LogP contribution in [0.5, 0.6) is 0 Å². The number of benzene rings is 1. The summed E-state index contributed by atoms with van der Waals surface area (Å²) in [5.41, 5.74) is 1.63. The summed E-state index contributed by atoms with van der Waals surface area (Å²) in [6.45, 7) is 6.73. The SMILES string of the molecule is CCC1=c2ccccc2=NC1(CC)CC. The predicted octanol–water partition coefficient (Wildman–Crippen LogP) is 2.44. The van der Waals surface area contributed by atoms with Crippen LogP contribution in [0, 0.1) is 0 Å². The van der Waals surface area contributed by atoms with Crippen LogP contribution in [0.25, 0.3) is 5.57 Å². The highest BCUT2D eigenvalue weighted by Gasteiger charge is 2.32. The van der Waals surface area contributed by atoms with Crippen molar-refractivity contribution in [3.63, 3.8) is 0 Å². The summed E-state index contributed by atoms with van der Waals surface area (Å²) in [6, 6.07) is 8.55. The Morgan fingerprint density at radius 3 is 2.33 bits per heavy atom. The average Bonchev–Trinajstić information content (AvgIpc) is 2.62. The van der Waals surface area contributed by atoms with Crippen LogP contribution < -0.4 is 10.6 Å².